The molecule has 0 fully saturated rings. The summed E-state index contributed by atoms with van der Waals surface area (Å²) >= 11 is 0. The Bertz CT molecular complexity index is 917. The zero-order valence-corrected chi connectivity index (χ0v) is 13.8. The highest BCUT2D eigenvalue weighted by Crippen LogP contribution is 2.24. The highest BCUT2D eigenvalue weighted by atomic mass is 19.1. The van der Waals surface area contributed by atoms with Gasteiger partial charge in [0.05, 0.1) is 17.6 Å². The van der Waals surface area contributed by atoms with Crippen molar-refractivity contribution in [2.45, 2.75) is 13.8 Å². The number of amides is 1. The molecule has 0 radical (unpaired) electrons. The van der Waals surface area contributed by atoms with Crippen LogP contribution in [0.4, 0.5) is 14.5 Å². The summed E-state index contributed by atoms with van der Waals surface area (Å²) in [6.45, 7) is 3.99. The molecule has 5 heteroatoms. The molecule has 126 valence electrons. The van der Waals surface area contributed by atoms with Gasteiger partial charge in [0.2, 0.25) is 0 Å². The van der Waals surface area contributed by atoms with Gasteiger partial charge in [-0.2, -0.15) is 0 Å². The molecule has 0 atom stereocenters. The second-order valence-electron chi connectivity index (χ2n) is 5.80. The summed E-state index contributed by atoms with van der Waals surface area (Å²) < 4.78 is 27.3. The molecule has 0 aliphatic rings. The van der Waals surface area contributed by atoms with Crippen molar-refractivity contribution >= 4 is 11.6 Å². The maximum absolute atomic E-state index is 13.7. The van der Waals surface area contributed by atoms with Gasteiger partial charge >= 0.3 is 0 Å². The molecule has 2 aromatic carbocycles. The van der Waals surface area contributed by atoms with Gasteiger partial charge in [-0.25, -0.2) is 8.78 Å². The number of carbonyl (C=O) groups excluding carboxylic acids is 1. The normalized spacial score (nSPS) is 10.6. The summed E-state index contributed by atoms with van der Waals surface area (Å²) in [6.07, 6.45) is 1.47. The van der Waals surface area contributed by atoms with E-state index in [0.29, 0.717) is 5.69 Å². The number of benzene rings is 2. The number of nitrogens with zero attached hydrogens (tertiary/aromatic N) is 1. The third-order valence-corrected chi connectivity index (χ3v) is 3.88. The fraction of sp³-hybridized carbons (Fsp3) is 0.100. The second-order valence-corrected chi connectivity index (χ2v) is 5.80. The van der Waals surface area contributed by atoms with Gasteiger partial charge in [0.1, 0.15) is 17.2 Å². The van der Waals surface area contributed by atoms with Crippen molar-refractivity contribution in [1.82, 2.24) is 4.98 Å². The van der Waals surface area contributed by atoms with Crippen molar-refractivity contribution < 1.29 is 13.6 Å². The Morgan fingerprint density at radius 2 is 1.72 bits per heavy atom. The lowest BCUT2D eigenvalue weighted by Gasteiger charge is -2.09. The number of aryl methyl sites for hydroxylation is 2. The molecule has 1 N–H and O–H groups in total. The zero-order chi connectivity index (χ0) is 18.0. The van der Waals surface area contributed by atoms with Crippen LogP contribution >= 0.6 is 0 Å². The fourth-order valence-corrected chi connectivity index (χ4v) is 2.55. The number of hydrogen-bond acceptors (Lipinski definition) is 2. The summed E-state index contributed by atoms with van der Waals surface area (Å²) in [4.78, 5) is 16.4. The maximum atomic E-state index is 13.7. The summed E-state index contributed by atoms with van der Waals surface area (Å²) in [5, 5.41) is 2.46. The number of halogens is 2. The molecule has 1 heterocycles. The van der Waals surface area contributed by atoms with Gasteiger partial charge in [0.15, 0.2) is 0 Å². The molecule has 25 heavy (non-hydrogen) atoms. The predicted molar refractivity (Wildman–Crippen MR) is 93.5 cm³/mol. The minimum atomic E-state index is -0.905. The third kappa shape index (κ3) is 3.55. The molecular weight excluding hydrogens is 322 g/mol. The number of anilines is 1. The van der Waals surface area contributed by atoms with Gasteiger partial charge in [0.25, 0.3) is 5.91 Å². The van der Waals surface area contributed by atoms with Crippen molar-refractivity contribution in [3.8, 4) is 11.3 Å². The molecule has 3 aromatic rings. The maximum Gasteiger partial charge on any atom is 0.261 e. The van der Waals surface area contributed by atoms with E-state index in [9.17, 15) is 13.6 Å². The lowest BCUT2D eigenvalue weighted by atomic mass is 10.0. The molecule has 0 saturated carbocycles. The summed E-state index contributed by atoms with van der Waals surface area (Å²) in [5.74, 6) is -2.66. The Kier molecular flexibility index (Phi) is 4.57. The van der Waals surface area contributed by atoms with Crippen LogP contribution in [-0.4, -0.2) is 10.9 Å². The van der Waals surface area contributed by atoms with Gasteiger partial charge in [-0.05, 0) is 49.7 Å². The Hall–Kier alpha value is -3.08. The monoisotopic (exact) mass is 338 g/mol. The van der Waals surface area contributed by atoms with Crippen LogP contribution in [0, 0.1) is 25.5 Å². The minimum absolute atomic E-state index is 0.363. The van der Waals surface area contributed by atoms with Crippen LogP contribution in [0.3, 0.4) is 0 Å². The Balaban J connectivity index is 1.84. The van der Waals surface area contributed by atoms with Crippen molar-refractivity contribution in [3.63, 3.8) is 0 Å². The summed E-state index contributed by atoms with van der Waals surface area (Å²) in [7, 11) is 0. The molecule has 3 rings (SSSR count). The first-order valence-corrected chi connectivity index (χ1v) is 7.75. The first-order valence-electron chi connectivity index (χ1n) is 7.75. The second kappa shape index (κ2) is 6.81. The predicted octanol–water partition coefficient (Wildman–Crippen LogP) is 4.90. The van der Waals surface area contributed by atoms with Crippen LogP contribution in [-0.2, 0) is 0 Å². The molecule has 0 unspecified atom stereocenters. The largest absolute Gasteiger partial charge is 0.320 e. The highest BCUT2D eigenvalue weighted by Gasteiger charge is 2.17. The number of hydrogen-bond donors (Lipinski definition) is 1. The number of nitrogens with one attached hydrogen (secondary N) is 1. The Morgan fingerprint density at radius 1 is 1.00 bits per heavy atom. The van der Waals surface area contributed by atoms with Crippen molar-refractivity contribution in [1.29, 1.82) is 0 Å². The fourth-order valence-electron chi connectivity index (χ4n) is 2.55. The van der Waals surface area contributed by atoms with E-state index in [1.165, 1.54) is 12.3 Å². The highest BCUT2D eigenvalue weighted by molar-refractivity contribution is 6.04. The first kappa shape index (κ1) is 16.8. The average Bonchev–Trinajstić information content (AvgIpc) is 2.58. The SMILES string of the molecule is Cc1ccc(C)c(-c2ccc(NC(=O)c3c(F)cccc3F)cn2)c1. The number of aromatic nitrogens is 1. The van der Waals surface area contributed by atoms with Crippen molar-refractivity contribution in [3.05, 3.63) is 83.1 Å². The molecule has 1 aromatic heterocycles. The summed E-state index contributed by atoms with van der Waals surface area (Å²) in [6, 6.07) is 12.8. The van der Waals surface area contributed by atoms with Crippen molar-refractivity contribution in [2.24, 2.45) is 0 Å². The lowest BCUT2D eigenvalue weighted by molar-refractivity contribution is 0.101. The molecular formula is C20H16F2N2O. The quantitative estimate of drug-likeness (QED) is 0.738. The zero-order valence-electron chi connectivity index (χ0n) is 13.8. The Morgan fingerprint density at radius 3 is 2.36 bits per heavy atom. The van der Waals surface area contributed by atoms with Crippen LogP contribution in [0.15, 0.2) is 54.7 Å². The van der Waals surface area contributed by atoms with Gasteiger partial charge in [-0.1, -0.05) is 23.8 Å². The van der Waals surface area contributed by atoms with E-state index < -0.39 is 23.1 Å². The summed E-state index contributed by atoms with van der Waals surface area (Å²) in [5.41, 5.74) is 3.72. The van der Waals surface area contributed by atoms with E-state index in [1.807, 2.05) is 32.0 Å². The van der Waals surface area contributed by atoms with E-state index in [-0.39, 0.29) is 0 Å². The van der Waals surface area contributed by atoms with E-state index in [4.69, 9.17) is 0 Å². The molecule has 0 bridgehead atoms. The van der Waals surface area contributed by atoms with Gasteiger partial charge in [0, 0.05) is 5.56 Å². The smallest absolute Gasteiger partial charge is 0.261 e. The molecule has 3 nitrogen and oxygen atoms in total. The topological polar surface area (TPSA) is 42.0 Å². The molecule has 0 saturated heterocycles. The average molecular weight is 338 g/mol. The van der Waals surface area contributed by atoms with Crippen LogP contribution in [0.1, 0.15) is 21.5 Å². The number of carbonyl (C=O) groups is 1. The number of pyridine rings is 1. The van der Waals surface area contributed by atoms with E-state index in [2.05, 4.69) is 10.3 Å². The van der Waals surface area contributed by atoms with Crippen LogP contribution in [0.25, 0.3) is 11.3 Å². The standard InChI is InChI=1S/C20H16F2N2O/c1-12-6-7-13(2)15(10-12)18-9-8-14(11-23-18)24-20(25)19-16(21)4-3-5-17(19)22/h3-11H,1-2H3,(H,24,25). The Labute approximate surface area is 144 Å². The first-order chi connectivity index (χ1) is 12.0. The lowest BCUT2D eigenvalue weighted by Crippen LogP contribution is -2.15. The molecule has 0 spiro atoms. The van der Waals surface area contributed by atoms with Gasteiger partial charge < -0.3 is 5.32 Å². The van der Waals surface area contributed by atoms with Crippen LogP contribution in [0.5, 0.6) is 0 Å². The van der Waals surface area contributed by atoms with Crippen LogP contribution in [0.2, 0.25) is 0 Å². The number of rotatable bonds is 3. The third-order valence-electron chi connectivity index (χ3n) is 3.88. The molecule has 1 amide bonds. The van der Waals surface area contributed by atoms with Gasteiger partial charge in [-0.15, -0.1) is 0 Å². The van der Waals surface area contributed by atoms with E-state index in [1.54, 1.807) is 12.1 Å². The van der Waals surface area contributed by atoms with E-state index >= 15 is 0 Å². The van der Waals surface area contributed by atoms with Crippen molar-refractivity contribution in [2.75, 3.05) is 5.32 Å². The minimum Gasteiger partial charge on any atom is -0.320 e. The van der Waals surface area contributed by atoms with Gasteiger partial charge in [-0.3, -0.25) is 9.78 Å². The van der Waals surface area contributed by atoms with Crippen LogP contribution < -0.4 is 5.32 Å². The van der Waals surface area contributed by atoms with E-state index in [0.717, 1.165) is 34.5 Å². The molecule has 0 aliphatic heterocycles. The molecule has 0 aliphatic carbocycles.